The van der Waals surface area contributed by atoms with Gasteiger partial charge in [-0.1, -0.05) is 11.6 Å². The highest BCUT2D eigenvalue weighted by molar-refractivity contribution is 6.34. The number of carbonyl (C=O) groups is 1. The Kier molecular flexibility index (Phi) is 4.34. The topological polar surface area (TPSA) is 68.8 Å². The van der Waals surface area contributed by atoms with Crippen LogP contribution in [0.15, 0.2) is 12.1 Å². The van der Waals surface area contributed by atoms with E-state index in [4.69, 9.17) is 25.8 Å². The molecule has 7 heteroatoms. The van der Waals surface area contributed by atoms with Crippen molar-refractivity contribution >= 4 is 23.3 Å². The van der Waals surface area contributed by atoms with Crippen LogP contribution < -0.4 is 20.1 Å². The molecular weight excluding hydrogens is 272 g/mol. The molecule has 104 valence electrons. The predicted octanol–water partition coefficient (Wildman–Crippen LogP) is 2.23. The van der Waals surface area contributed by atoms with Crippen LogP contribution in [-0.2, 0) is 4.74 Å². The lowest BCUT2D eigenvalue weighted by atomic mass is 10.2. The first-order valence-corrected chi connectivity index (χ1v) is 6.13. The van der Waals surface area contributed by atoms with Crippen molar-refractivity contribution in [2.24, 2.45) is 0 Å². The van der Waals surface area contributed by atoms with Gasteiger partial charge < -0.3 is 24.8 Å². The van der Waals surface area contributed by atoms with Crippen LogP contribution in [0.25, 0.3) is 0 Å². The number of hydrogen-bond donors (Lipinski definition) is 2. The van der Waals surface area contributed by atoms with E-state index in [0.29, 0.717) is 28.8 Å². The second kappa shape index (κ2) is 5.99. The van der Waals surface area contributed by atoms with E-state index in [2.05, 4.69) is 10.6 Å². The number of hydrogen-bond acceptors (Lipinski definition) is 4. The Balaban J connectivity index is 2.01. The molecule has 0 saturated heterocycles. The molecule has 1 atom stereocenters. The molecular formula is C12H15ClN2O4. The third-order valence-corrected chi connectivity index (χ3v) is 2.82. The summed E-state index contributed by atoms with van der Waals surface area (Å²) in [6.45, 7) is 2.43. The molecule has 0 aliphatic carbocycles. The second-order valence-corrected chi connectivity index (χ2v) is 4.55. The van der Waals surface area contributed by atoms with Gasteiger partial charge in [0.2, 0.25) is 6.79 Å². The summed E-state index contributed by atoms with van der Waals surface area (Å²) in [7, 11) is 1.57. The minimum Gasteiger partial charge on any atom is -0.454 e. The first-order valence-electron chi connectivity index (χ1n) is 5.75. The highest BCUT2D eigenvalue weighted by atomic mass is 35.5. The van der Waals surface area contributed by atoms with E-state index in [1.165, 1.54) is 0 Å². The summed E-state index contributed by atoms with van der Waals surface area (Å²) in [6, 6.07) is 2.78. The normalized spacial score (nSPS) is 14.1. The van der Waals surface area contributed by atoms with Gasteiger partial charge in [-0.15, -0.1) is 0 Å². The van der Waals surface area contributed by atoms with E-state index in [0.717, 1.165) is 0 Å². The number of ether oxygens (including phenoxy) is 3. The van der Waals surface area contributed by atoms with Crippen molar-refractivity contribution in [2.75, 3.05) is 25.8 Å². The van der Waals surface area contributed by atoms with Crippen LogP contribution in [0.3, 0.4) is 0 Å². The smallest absolute Gasteiger partial charge is 0.319 e. The van der Waals surface area contributed by atoms with E-state index in [-0.39, 0.29) is 18.9 Å². The van der Waals surface area contributed by atoms with Crippen molar-refractivity contribution in [3.05, 3.63) is 17.2 Å². The standard InChI is InChI=1S/C12H15ClN2O4/c1-7(5-17-2)14-12(16)15-9-4-11-10(3-8(9)13)18-6-19-11/h3-4,7H,5-6H2,1-2H3,(H2,14,15,16)/t7-/m0/s1. The van der Waals surface area contributed by atoms with E-state index < -0.39 is 0 Å². The fourth-order valence-electron chi connectivity index (χ4n) is 1.69. The lowest BCUT2D eigenvalue weighted by Gasteiger charge is -2.14. The highest BCUT2D eigenvalue weighted by Crippen LogP contribution is 2.39. The highest BCUT2D eigenvalue weighted by Gasteiger charge is 2.18. The predicted molar refractivity (Wildman–Crippen MR) is 71.1 cm³/mol. The molecule has 0 radical (unpaired) electrons. The summed E-state index contributed by atoms with van der Waals surface area (Å²) >= 11 is 6.05. The first-order chi connectivity index (χ1) is 9.10. The Morgan fingerprint density at radius 3 is 2.84 bits per heavy atom. The van der Waals surface area contributed by atoms with E-state index in [1.807, 2.05) is 6.92 Å². The van der Waals surface area contributed by atoms with Crippen LogP contribution in [0, 0.1) is 0 Å². The lowest BCUT2D eigenvalue weighted by Crippen LogP contribution is -2.38. The van der Waals surface area contributed by atoms with Gasteiger partial charge in [0.25, 0.3) is 0 Å². The molecule has 0 spiro atoms. The second-order valence-electron chi connectivity index (χ2n) is 4.14. The number of rotatable bonds is 4. The molecule has 0 unspecified atom stereocenters. The van der Waals surface area contributed by atoms with Crippen LogP contribution in [0.5, 0.6) is 11.5 Å². The molecule has 1 aromatic carbocycles. The summed E-state index contributed by atoms with van der Waals surface area (Å²) in [5.41, 5.74) is 0.466. The number of methoxy groups -OCH3 is 1. The van der Waals surface area contributed by atoms with Crippen LogP contribution in [-0.4, -0.2) is 32.6 Å². The number of anilines is 1. The lowest BCUT2D eigenvalue weighted by molar-refractivity contribution is 0.173. The van der Waals surface area contributed by atoms with Gasteiger partial charge in [-0.3, -0.25) is 0 Å². The summed E-state index contributed by atoms with van der Waals surface area (Å²) < 4.78 is 15.3. The molecule has 1 aliphatic rings. The van der Waals surface area contributed by atoms with Gasteiger partial charge in [0.05, 0.1) is 23.4 Å². The van der Waals surface area contributed by atoms with E-state index in [9.17, 15) is 4.79 Å². The average Bonchev–Trinajstić information content (AvgIpc) is 2.76. The summed E-state index contributed by atoms with van der Waals surface area (Å²) in [5.74, 6) is 1.13. The van der Waals surface area contributed by atoms with Crippen molar-refractivity contribution in [1.82, 2.24) is 5.32 Å². The number of halogens is 1. The zero-order valence-corrected chi connectivity index (χ0v) is 11.4. The van der Waals surface area contributed by atoms with Crippen molar-refractivity contribution in [1.29, 1.82) is 0 Å². The maximum absolute atomic E-state index is 11.7. The Labute approximate surface area is 116 Å². The number of urea groups is 1. The van der Waals surface area contributed by atoms with Crippen molar-refractivity contribution in [3.63, 3.8) is 0 Å². The third-order valence-electron chi connectivity index (χ3n) is 2.50. The maximum atomic E-state index is 11.7. The number of benzene rings is 1. The SMILES string of the molecule is COC[C@H](C)NC(=O)Nc1cc2c(cc1Cl)OCO2. The zero-order chi connectivity index (χ0) is 13.8. The molecule has 1 heterocycles. The van der Waals surface area contributed by atoms with Crippen LogP contribution in [0.2, 0.25) is 5.02 Å². The number of amides is 2. The number of fused-ring (bicyclic) bond motifs is 1. The van der Waals surface area contributed by atoms with Crippen LogP contribution >= 0.6 is 11.6 Å². The third kappa shape index (κ3) is 3.42. The molecule has 0 bridgehead atoms. The van der Waals surface area contributed by atoms with Crippen LogP contribution in [0.4, 0.5) is 10.5 Å². The van der Waals surface area contributed by atoms with Gasteiger partial charge in [-0.05, 0) is 6.92 Å². The Morgan fingerprint density at radius 1 is 1.47 bits per heavy atom. The molecule has 0 saturated carbocycles. The Morgan fingerprint density at radius 2 is 2.16 bits per heavy atom. The van der Waals surface area contributed by atoms with Gasteiger partial charge in [0.1, 0.15) is 0 Å². The van der Waals surface area contributed by atoms with Gasteiger partial charge in [0, 0.05) is 19.2 Å². The van der Waals surface area contributed by atoms with E-state index >= 15 is 0 Å². The maximum Gasteiger partial charge on any atom is 0.319 e. The summed E-state index contributed by atoms with van der Waals surface area (Å²) in [5, 5.41) is 5.76. The Hall–Kier alpha value is -1.66. The Bertz CT molecular complexity index is 481. The van der Waals surface area contributed by atoms with Gasteiger partial charge in [0.15, 0.2) is 11.5 Å². The minimum atomic E-state index is -0.356. The molecule has 0 fully saturated rings. The fourth-order valence-corrected chi connectivity index (χ4v) is 1.89. The average molecular weight is 287 g/mol. The quantitative estimate of drug-likeness (QED) is 0.890. The molecule has 2 amide bonds. The number of carbonyl (C=O) groups excluding carboxylic acids is 1. The van der Waals surface area contributed by atoms with Crippen molar-refractivity contribution in [2.45, 2.75) is 13.0 Å². The molecule has 2 rings (SSSR count). The van der Waals surface area contributed by atoms with Gasteiger partial charge in [-0.2, -0.15) is 0 Å². The fraction of sp³-hybridized carbons (Fsp3) is 0.417. The molecule has 1 aromatic rings. The number of nitrogens with one attached hydrogen (secondary N) is 2. The zero-order valence-electron chi connectivity index (χ0n) is 10.7. The molecule has 0 aromatic heterocycles. The first kappa shape index (κ1) is 13.8. The van der Waals surface area contributed by atoms with Crippen molar-refractivity contribution in [3.8, 4) is 11.5 Å². The van der Waals surface area contributed by atoms with E-state index in [1.54, 1.807) is 19.2 Å². The summed E-state index contributed by atoms with van der Waals surface area (Å²) in [4.78, 5) is 11.7. The molecule has 19 heavy (non-hydrogen) atoms. The molecule has 1 aliphatic heterocycles. The monoisotopic (exact) mass is 286 g/mol. The molecule has 6 nitrogen and oxygen atoms in total. The molecule has 2 N–H and O–H groups in total. The van der Waals surface area contributed by atoms with Crippen LogP contribution in [0.1, 0.15) is 6.92 Å². The van der Waals surface area contributed by atoms with Crippen molar-refractivity contribution < 1.29 is 19.0 Å². The summed E-state index contributed by atoms with van der Waals surface area (Å²) in [6.07, 6.45) is 0. The largest absolute Gasteiger partial charge is 0.454 e. The van der Waals surface area contributed by atoms with Gasteiger partial charge >= 0.3 is 6.03 Å². The van der Waals surface area contributed by atoms with Gasteiger partial charge in [-0.25, -0.2) is 4.79 Å². The minimum absolute atomic E-state index is 0.0993.